The molecule has 20 heavy (non-hydrogen) atoms. The lowest BCUT2D eigenvalue weighted by atomic mass is 10.2. The van der Waals surface area contributed by atoms with E-state index in [0.29, 0.717) is 18.2 Å². The molecule has 0 aliphatic heterocycles. The number of ether oxygens (including phenoxy) is 1. The van der Waals surface area contributed by atoms with Crippen LogP contribution in [0.5, 0.6) is 0 Å². The monoisotopic (exact) mass is 273 g/mol. The second-order valence-electron chi connectivity index (χ2n) is 5.21. The molecule has 1 aliphatic rings. The molecule has 0 spiro atoms. The minimum Gasteiger partial charge on any atom is -0.380 e. The summed E-state index contributed by atoms with van der Waals surface area (Å²) in [6.07, 6.45) is 5.41. The van der Waals surface area contributed by atoms with Gasteiger partial charge in [-0.25, -0.2) is 4.98 Å². The van der Waals surface area contributed by atoms with Crippen LogP contribution >= 0.6 is 0 Å². The zero-order valence-electron chi connectivity index (χ0n) is 11.6. The second-order valence-corrected chi connectivity index (χ2v) is 5.21. The topological polar surface area (TPSA) is 55.6 Å². The number of nitrogens with one attached hydrogen (secondary N) is 1. The van der Waals surface area contributed by atoms with Crippen molar-refractivity contribution in [2.75, 3.05) is 7.11 Å². The summed E-state index contributed by atoms with van der Waals surface area (Å²) in [5, 5.41) is 3.46. The third kappa shape index (κ3) is 2.59. The van der Waals surface area contributed by atoms with Crippen LogP contribution in [0, 0.1) is 0 Å². The largest absolute Gasteiger partial charge is 0.380 e. The summed E-state index contributed by atoms with van der Waals surface area (Å²) in [5.41, 5.74) is 1.43. The van der Waals surface area contributed by atoms with Gasteiger partial charge in [-0.3, -0.25) is 9.20 Å². The Morgan fingerprint density at radius 3 is 3.20 bits per heavy atom. The lowest BCUT2D eigenvalue weighted by Crippen LogP contribution is -2.36. The molecule has 0 bridgehead atoms. The van der Waals surface area contributed by atoms with E-state index in [1.165, 1.54) is 6.42 Å². The van der Waals surface area contributed by atoms with Crippen LogP contribution in [0.1, 0.15) is 25.0 Å². The maximum absolute atomic E-state index is 12.0. The van der Waals surface area contributed by atoms with Crippen molar-refractivity contribution in [2.45, 2.75) is 38.0 Å². The van der Waals surface area contributed by atoms with E-state index in [2.05, 4.69) is 10.3 Å². The fourth-order valence-corrected chi connectivity index (χ4v) is 2.87. The van der Waals surface area contributed by atoms with Gasteiger partial charge in [0.25, 0.3) is 5.56 Å². The Morgan fingerprint density at radius 2 is 2.35 bits per heavy atom. The van der Waals surface area contributed by atoms with Crippen molar-refractivity contribution in [2.24, 2.45) is 0 Å². The zero-order chi connectivity index (χ0) is 13.9. The fraction of sp³-hybridized carbons (Fsp3) is 0.467. The van der Waals surface area contributed by atoms with E-state index in [1.807, 2.05) is 18.2 Å². The van der Waals surface area contributed by atoms with Gasteiger partial charge < -0.3 is 10.1 Å². The number of hydrogen-bond acceptors (Lipinski definition) is 4. The van der Waals surface area contributed by atoms with E-state index in [9.17, 15) is 4.79 Å². The molecular weight excluding hydrogens is 254 g/mol. The van der Waals surface area contributed by atoms with Crippen LogP contribution in [0.3, 0.4) is 0 Å². The quantitative estimate of drug-likeness (QED) is 0.913. The molecule has 1 saturated carbocycles. The van der Waals surface area contributed by atoms with Crippen molar-refractivity contribution in [1.82, 2.24) is 14.7 Å². The predicted octanol–water partition coefficient (Wildman–Crippen LogP) is 1.35. The minimum atomic E-state index is -0.0397. The Bertz CT molecular complexity index is 653. The number of methoxy groups -OCH3 is 1. The molecule has 5 heteroatoms. The normalized spacial score (nSPS) is 22.4. The molecule has 0 aromatic carbocycles. The maximum Gasteiger partial charge on any atom is 0.258 e. The van der Waals surface area contributed by atoms with Gasteiger partial charge in [-0.1, -0.05) is 6.07 Å². The van der Waals surface area contributed by atoms with Crippen molar-refractivity contribution in [3.8, 4) is 0 Å². The van der Waals surface area contributed by atoms with Crippen LogP contribution in [0.2, 0.25) is 0 Å². The lowest BCUT2D eigenvalue weighted by molar-refractivity contribution is 0.0846. The average Bonchev–Trinajstić information content (AvgIpc) is 2.93. The first kappa shape index (κ1) is 13.3. The second kappa shape index (κ2) is 5.73. The Morgan fingerprint density at radius 1 is 1.45 bits per heavy atom. The highest BCUT2D eigenvalue weighted by Crippen LogP contribution is 2.21. The van der Waals surface area contributed by atoms with E-state index in [0.717, 1.165) is 18.5 Å². The van der Waals surface area contributed by atoms with Crippen LogP contribution in [-0.4, -0.2) is 28.6 Å². The van der Waals surface area contributed by atoms with Crippen LogP contribution in [0.4, 0.5) is 0 Å². The Kier molecular flexibility index (Phi) is 3.80. The van der Waals surface area contributed by atoms with Gasteiger partial charge in [0.2, 0.25) is 0 Å². The van der Waals surface area contributed by atoms with Crippen molar-refractivity contribution in [1.29, 1.82) is 0 Å². The Hall–Kier alpha value is -1.72. The molecule has 0 saturated heterocycles. The average molecular weight is 273 g/mol. The van der Waals surface area contributed by atoms with Crippen LogP contribution in [0.15, 0.2) is 35.3 Å². The molecule has 0 radical (unpaired) electrons. The first-order valence-electron chi connectivity index (χ1n) is 7.01. The summed E-state index contributed by atoms with van der Waals surface area (Å²) in [6.45, 7) is 0.602. The molecular formula is C15H19N3O2. The van der Waals surface area contributed by atoms with E-state index in [4.69, 9.17) is 4.74 Å². The number of fused-ring (bicyclic) bond motifs is 1. The van der Waals surface area contributed by atoms with Gasteiger partial charge in [-0.15, -0.1) is 0 Å². The highest BCUT2D eigenvalue weighted by Gasteiger charge is 2.26. The van der Waals surface area contributed by atoms with Gasteiger partial charge in [0.05, 0.1) is 11.8 Å². The standard InChI is InChI=1S/C15H19N3O2/c1-20-13-6-4-5-12(13)16-10-11-9-15(19)18-8-3-2-7-14(18)17-11/h2-3,7-9,12-13,16H,4-6,10H2,1H3/t12-,13-/m1/s1. The molecule has 2 aromatic heterocycles. The fourth-order valence-electron chi connectivity index (χ4n) is 2.87. The Labute approximate surface area is 117 Å². The van der Waals surface area contributed by atoms with Crippen LogP contribution < -0.4 is 10.9 Å². The van der Waals surface area contributed by atoms with Gasteiger partial charge in [0.15, 0.2) is 0 Å². The summed E-state index contributed by atoms with van der Waals surface area (Å²) in [7, 11) is 1.76. The summed E-state index contributed by atoms with van der Waals surface area (Å²) in [5.74, 6) is 0. The summed E-state index contributed by atoms with van der Waals surface area (Å²) >= 11 is 0. The van der Waals surface area contributed by atoms with Crippen molar-refractivity contribution in [3.05, 3.63) is 46.5 Å². The first-order chi connectivity index (χ1) is 9.78. The van der Waals surface area contributed by atoms with E-state index in [1.54, 1.807) is 23.8 Å². The molecule has 1 aliphatic carbocycles. The predicted molar refractivity (Wildman–Crippen MR) is 76.7 cm³/mol. The van der Waals surface area contributed by atoms with Gasteiger partial charge in [-0.2, -0.15) is 0 Å². The maximum atomic E-state index is 12.0. The number of pyridine rings is 1. The van der Waals surface area contributed by atoms with E-state index >= 15 is 0 Å². The smallest absolute Gasteiger partial charge is 0.258 e. The highest BCUT2D eigenvalue weighted by atomic mass is 16.5. The van der Waals surface area contributed by atoms with Crippen molar-refractivity contribution in [3.63, 3.8) is 0 Å². The lowest BCUT2D eigenvalue weighted by Gasteiger charge is -2.19. The first-order valence-corrected chi connectivity index (χ1v) is 7.01. The highest BCUT2D eigenvalue weighted by molar-refractivity contribution is 5.37. The van der Waals surface area contributed by atoms with Gasteiger partial charge in [0.1, 0.15) is 5.65 Å². The SMILES string of the molecule is CO[C@@H]1CCC[C@H]1NCc1cc(=O)n2ccccc2n1. The molecule has 1 fully saturated rings. The molecule has 0 unspecified atom stereocenters. The number of rotatable bonds is 4. The third-order valence-corrected chi connectivity index (χ3v) is 3.92. The third-order valence-electron chi connectivity index (χ3n) is 3.92. The van der Waals surface area contributed by atoms with Crippen LogP contribution in [0.25, 0.3) is 5.65 Å². The summed E-state index contributed by atoms with van der Waals surface area (Å²) < 4.78 is 7.01. The Balaban J connectivity index is 1.76. The zero-order valence-corrected chi connectivity index (χ0v) is 11.6. The summed E-state index contributed by atoms with van der Waals surface area (Å²) in [4.78, 5) is 16.5. The number of nitrogens with zero attached hydrogens (tertiary/aromatic N) is 2. The molecule has 106 valence electrons. The van der Waals surface area contributed by atoms with E-state index < -0.39 is 0 Å². The van der Waals surface area contributed by atoms with Crippen LogP contribution in [-0.2, 0) is 11.3 Å². The van der Waals surface area contributed by atoms with E-state index in [-0.39, 0.29) is 11.7 Å². The summed E-state index contributed by atoms with van der Waals surface area (Å²) in [6, 6.07) is 7.51. The molecule has 3 rings (SSSR count). The van der Waals surface area contributed by atoms with Gasteiger partial charge in [0, 0.05) is 32.0 Å². The van der Waals surface area contributed by atoms with Gasteiger partial charge >= 0.3 is 0 Å². The minimum absolute atomic E-state index is 0.0397. The molecule has 5 nitrogen and oxygen atoms in total. The number of aromatic nitrogens is 2. The van der Waals surface area contributed by atoms with Gasteiger partial charge in [-0.05, 0) is 31.4 Å². The molecule has 1 N–H and O–H groups in total. The number of hydrogen-bond donors (Lipinski definition) is 1. The molecule has 0 amide bonds. The van der Waals surface area contributed by atoms with Crippen molar-refractivity contribution < 1.29 is 4.74 Å². The van der Waals surface area contributed by atoms with Crippen molar-refractivity contribution >= 4 is 5.65 Å². The molecule has 2 atom stereocenters. The molecule has 2 heterocycles. The molecule has 2 aromatic rings.